The van der Waals surface area contributed by atoms with Crippen molar-refractivity contribution in [3.05, 3.63) is 29.6 Å². The Morgan fingerprint density at radius 3 is 2.64 bits per heavy atom. The predicted octanol–water partition coefficient (Wildman–Crippen LogP) is 3.90. The van der Waals surface area contributed by atoms with Crippen LogP contribution in [-0.2, 0) is 0 Å². The topological polar surface area (TPSA) is 47.6 Å². The number of fused-ring (bicyclic) bond motifs is 1. The van der Waals surface area contributed by atoms with Gasteiger partial charge in [-0.15, -0.1) is 11.3 Å². The number of carbonyl (C=O) groups excluding carboxylic acids is 1. The van der Waals surface area contributed by atoms with E-state index >= 15 is 0 Å². The number of rotatable bonds is 5. The first-order valence-electron chi connectivity index (χ1n) is 10.6. The lowest BCUT2D eigenvalue weighted by molar-refractivity contribution is 0.206. The van der Waals surface area contributed by atoms with E-state index in [9.17, 15) is 4.79 Å². The van der Waals surface area contributed by atoms with Crippen LogP contribution in [0.25, 0.3) is 10.1 Å². The highest BCUT2D eigenvalue weighted by atomic mass is 32.1. The second-order valence-electron chi connectivity index (χ2n) is 8.17. The van der Waals surface area contributed by atoms with Gasteiger partial charge in [-0.1, -0.05) is 12.1 Å². The first kappa shape index (κ1) is 19.5. The summed E-state index contributed by atoms with van der Waals surface area (Å²) in [6.45, 7) is 5.79. The fourth-order valence-corrected chi connectivity index (χ4v) is 5.60. The number of benzene rings is 1. The van der Waals surface area contributed by atoms with Crippen LogP contribution in [0.5, 0.6) is 0 Å². The molecule has 0 atom stereocenters. The Labute approximate surface area is 172 Å². The number of nitrogens with one attached hydrogen (secondary N) is 2. The molecule has 1 saturated carbocycles. The minimum Gasteiger partial charge on any atom is -0.368 e. The Morgan fingerprint density at radius 2 is 1.89 bits per heavy atom. The smallest absolute Gasteiger partial charge is 0.314 e. The molecule has 0 radical (unpaired) electrons. The number of thiophene rings is 1. The van der Waals surface area contributed by atoms with Crippen molar-refractivity contribution in [2.45, 2.75) is 38.1 Å². The zero-order valence-corrected chi connectivity index (χ0v) is 17.6. The molecule has 1 aliphatic carbocycles. The van der Waals surface area contributed by atoms with E-state index in [1.54, 1.807) is 7.05 Å². The van der Waals surface area contributed by atoms with E-state index < -0.39 is 0 Å². The van der Waals surface area contributed by atoms with Gasteiger partial charge < -0.3 is 15.5 Å². The summed E-state index contributed by atoms with van der Waals surface area (Å²) in [7, 11) is 1.68. The summed E-state index contributed by atoms with van der Waals surface area (Å²) in [6, 6.07) is 9.22. The van der Waals surface area contributed by atoms with Gasteiger partial charge in [0.25, 0.3) is 0 Å². The molecule has 2 amide bonds. The van der Waals surface area contributed by atoms with E-state index in [0.717, 1.165) is 44.9 Å². The zero-order valence-electron chi connectivity index (χ0n) is 16.8. The maximum absolute atomic E-state index is 11.4. The molecule has 2 fully saturated rings. The summed E-state index contributed by atoms with van der Waals surface area (Å²) in [6.07, 6.45) is 6.03. The van der Waals surface area contributed by atoms with Crippen LogP contribution in [-0.4, -0.2) is 56.7 Å². The molecule has 152 valence electrons. The fourth-order valence-electron chi connectivity index (χ4n) is 4.66. The lowest BCUT2D eigenvalue weighted by Crippen LogP contribution is -2.47. The molecule has 1 saturated heterocycles. The monoisotopic (exact) mass is 400 g/mol. The second-order valence-corrected chi connectivity index (χ2v) is 9.09. The molecule has 1 aromatic heterocycles. The van der Waals surface area contributed by atoms with E-state index in [4.69, 9.17) is 0 Å². The number of urea groups is 1. The van der Waals surface area contributed by atoms with Crippen molar-refractivity contribution >= 4 is 33.1 Å². The first-order valence-corrected chi connectivity index (χ1v) is 11.5. The van der Waals surface area contributed by atoms with Crippen molar-refractivity contribution in [2.24, 2.45) is 5.92 Å². The lowest BCUT2D eigenvalue weighted by Gasteiger charge is -2.37. The highest BCUT2D eigenvalue weighted by molar-refractivity contribution is 7.17. The molecule has 1 aliphatic heterocycles. The van der Waals surface area contributed by atoms with Crippen LogP contribution in [0.2, 0.25) is 0 Å². The van der Waals surface area contributed by atoms with Crippen LogP contribution in [0, 0.1) is 5.92 Å². The number of carbonyl (C=O) groups is 1. The average Bonchev–Trinajstić information content (AvgIpc) is 3.22. The number of hydrogen-bond donors (Lipinski definition) is 2. The van der Waals surface area contributed by atoms with Gasteiger partial charge in [0.15, 0.2) is 0 Å². The third-order valence-corrected chi connectivity index (χ3v) is 7.39. The van der Waals surface area contributed by atoms with Crippen LogP contribution in [0.3, 0.4) is 0 Å². The van der Waals surface area contributed by atoms with Crippen LogP contribution in [0.15, 0.2) is 29.6 Å². The molecule has 1 aromatic carbocycles. The van der Waals surface area contributed by atoms with E-state index in [0.29, 0.717) is 6.04 Å². The normalized spacial score (nSPS) is 23.7. The molecule has 0 spiro atoms. The molecule has 28 heavy (non-hydrogen) atoms. The zero-order chi connectivity index (χ0) is 19.3. The molecule has 2 heterocycles. The van der Waals surface area contributed by atoms with Crippen molar-refractivity contribution < 1.29 is 4.79 Å². The quantitative estimate of drug-likeness (QED) is 0.800. The Kier molecular flexibility index (Phi) is 6.37. The Morgan fingerprint density at radius 1 is 1.11 bits per heavy atom. The standard InChI is InChI=1S/C22H32N4OS/c1-23-22(27)24-19-7-5-17(6-8-19)9-11-25-12-14-26(15-13-25)20-4-2-3-18-10-16-28-21(18)20/h2-4,10,16-17,19H,5-9,11-15H2,1H3,(H2,23,24,27). The molecule has 2 N–H and O–H groups in total. The Hall–Kier alpha value is -1.79. The molecule has 6 heteroatoms. The van der Waals surface area contributed by atoms with E-state index in [-0.39, 0.29) is 6.03 Å². The van der Waals surface area contributed by atoms with Crippen molar-refractivity contribution in [1.82, 2.24) is 15.5 Å². The Balaban J connectivity index is 1.19. The van der Waals surface area contributed by atoms with Gasteiger partial charge in [0.2, 0.25) is 0 Å². The van der Waals surface area contributed by atoms with E-state index in [1.807, 2.05) is 11.3 Å². The van der Waals surface area contributed by atoms with Crippen molar-refractivity contribution in [3.8, 4) is 0 Å². The number of piperazine rings is 1. The first-order chi connectivity index (χ1) is 13.7. The van der Waals surface area contributed by atoms with Gasteiger partial charge >= 0.3 is 6.03 Å². The SMILES string of the molecule is CNC(=O)NC1CCC(CCN2CCN(c3cccc4ccsc34)CC2)CC1. The Bertz CT molecular complexity index is 776. The lowest BCUT2D eigenvalue weighted by atomic mass is 9.84. The van der Waals surface area contributed by atoms with Crippen LogP contribution in [0.1, 0.15) is 32.1 Å². The van der Waals surface area contributed by atoms with Gasteiger partial charge in [-0.2, -0.15) is 0 Å². The third-order valence-electron chi connectivity index (χ3n) is 6.43. The summed E-state index contributed by atoms with van der Waals surface area (Å²) in [5.41, 5.74) is 1.41. The van der Waals surface area contributed by atoms with Gasteiger partial charge in [0.1, 0.15) is 0 Å². The molecule has 0 unspecified atom stereocenters. The summed E-state index contributed by atoms with van der Waals surface area (Å²) in [4.78, 5) is 16.6. The number of hydrogen-bond acceptors (Lipinski definition) is 4. The molecular weight excluding hydrogens is 368 g/mol. The summed E-state index contributed by atoms with van der Waals surface area (Å²) in [5, 5.41) is 9.28. The van der Waals surface area contributed by atoms with Gasteiger partial charge in [0, 0.05) is 39.3 Å². The second kappa shape index (κ2) is 9.14. The molecule has 5 nitrogen and oxygen atoms in total. The maximum Gasteiger partial charge on any atom is 0.314 e. The third kappa shape index (κ3) is 4.61. The highest BCUT2D eigenvalue weighted by Crippen LogP contribution is 2.32. The largest absolute Gasteiger partial charge is 0.368 e. The molecule has 4 rings (SSSR count). The van der Waals surface area contributed by atoms with Gasteiger partial charge in [0.05, 0.1) is 10.4 Å². The highest BCUT2D eigenvalue weighted by Gasteiger charge is 2.24. The van der Waals surface area contributed by atoms with Crippen LogP contribution < -0.4 is 15.5 Å². The number of anilines is 1. The van der Waals surface area contributed by atoms with Gasteiger partial charge in [-0.3, -0.25) is 4.90 Å². The maximum atomic E-state index is 11.4. The minimum atomic E-state index is -0.0421. The van der Waals surface area contributed by atoms with Crippen molar-refractivity contribution in [3.63, 3.8) is 0 Å². The van der Waals surface area contributed by atoms with Crippen LogP contribution >= 0.6 is 11.3 Å². The molecule has 2 aromatic rings. The number of amides is 2. The van der Waals surface area contributed by atoms with Gasteiger partial charge in [-0.05, 0) is 67.5 Å². The van der Waals surface area contributed by atoms with E-state index in [2.05, 4.69) is 50.1 Å². The summed E-state index contributed by atoms with van der Waals surface area (Å²) < 4.78 is 1.43. The molecule has 2 aliphatic rings. The average molecular weight is 401 g/mol. The van der Waals surface area contributed by atoms with Crippen molar-refractivity contribution in [2.75, 3.05) is 44.7 Å². The molecule has 0 bridgehead atoms. The summed E-state index contributed by atoms with van der Waals surface area (Å²) in [5.74, 6) is 0.820. The van der Waals surface area contributed by atoms with Crippen molar-refractivity contribution in [1.29, 1.82) is 0 Å². The molecular formula is C22H32N4OS. The van der Waals surface area contributed by atoms with Crippen LogP contribution in [0.4, 0.5) is 10.5 Å². The predicted molar refractivity (Wildman–Crippen MR) is 118 cm³/mol. The summed E-state index contributed by atoms with van der Waals surface area (Å²) >= 11 is 1.86. The van der Waals surface area contributed by atoms with Gasteiger partial charge in [-0.25, -0.2) is 4.79 Å². The van der Waals surface area contributed by atoms with E-state index in [1.165, 1.54) is 41.6 Å². The fraction of sp³-hybridized carbons (Fsp3) is 0.591. The number of nitrogens with zero attached hydrogens (tertiary/aromatic N) is 2. The minimum absolute atomic E-state index is 0.0421.